The number of aromatic nitrogens is 1. The second-order valence-corrected chi connectivity index (χ2v) is 10.1. The van der Waals surface area contributed by atoms with Crippen LogP contribution in [0.25, 0.3) is 21.8 Å². The minimum absolute atomic E-state index is 0.838. The average Bonchev–Trinajstić information content (AvgIpc) is 2.88. The highest BCUT2D eigenvalue weighted by Crippen LogP contribution is 2.41. The summed E-state index contributed by atoms with van der Waals surface area (Å²) in [6.07, 6.45) is 0. The molecule has 0 saturated carbocycles. The van der Waals surface area contributed by atoms with E-state index in [1.54, 1.807) is 0 Å². The highest BCUT2D eigenvalue weighted by molar-refractivity contribution is 9.11. The number of benzene rings is 3. The van der Waals surface area contributed by atoms with Crippen LogP contribution in [0.2, 0.25) is 0 Å². The van der Waals surface area contributed by atoms with Gasteiger partial charge in [0.15, 0.2) is 0 Å². The topological polar surface area (TPSA) is 4.93 Å². The monoisotopic (exact) mass is 601 g/mol. The highest BCUT2D eigenvalue weighted by Gasteiger charge is 2.17. The van der Waals surface area contributed by atoms with Crippen LogP contribution < -0.4 is 0 Å². The summed E-state index contributed by atoms with van der Waals surface area (Å²) >= 11 is 16.6. The lowest BCUT2D eigenvalue weighted by Gasteiger charge is -2.10. The van der Waals surface area contributed by atoms with Crippen LogP contribution in [-0.4, -0.2) is 4.57 Å². The molecule has 25 heavy (non-hydrogen) atoms. The van der Waals surface area contributed by atoms with Gasteiger partial charge in [-0.05, 0) is 68.3 Å². The van der Waals surface area contributed by atoms with Gasteiger partial charge in [-0.3, -0.25) is 0 Å². The van der Waals surface area contributed by atoms with Crippen molar-refractivity contribution >= 4 is 97.3 Å². The molecule has 1 nitrogen and oxygen atoms in total. The molecule has 4 rings (SSSR count). The van der Waals surface area contributed by atoms with Crippen molar-refractivity contribution in [1.82, 2.24) is 4.57 Å². The molecule has 0 aliphatic rings. The molecule has 0 amide bonds. The van der Waals surface area contributed by atoms with E-state index >= 15 is 0 Å². The van der Waals surface area contributed by atoms with Gasteiger partial charge in [0.2, 0.25) is 0 Å². The van der Waals surface area contributed by atoms with Gasteiger partial charge < -0.3 is 4.57 Å². The quantitative estimate of drug-likeness (QED) is 0.212. The summed E-state index contributed by atoms with van der Waals surface area (Å²) < 4.78 is 6.68. The number of thioether (sulfide) groups is 1. The molecule has 0 saturated heterocycles. The Morgan fingerprint density at radius 1 is 0.720 bits per heavy atom. The summed E-state index contributed by atoms with van der Waals surface area (Å²) in [6.45, 7) is 0. The second kappa shape index (κ2) is 7.39. The molecular weight excluding hydrogens is 594 g/mol. The van der Waals surface area contributed by atoms with Gasteiger partial charge in [-0.2, -0.15) is 0 Å². The number of halogens is 4. The predicted molar refractivity (Wildman–Crippen MR) is 123 cm³/mol. The fourth-order valence-corrected chi connectivity index (χ4v) is 6.75. The summed E-state index contributed by atoms with van der Waals surface area (Å²) in [7, 11) is 0. The van der Waals surface area contributed by atoms with E-state index in [-0.39, 0.29) is 0 Å². The van der Waals surface area contributed by atoms with E-state index in [9.17, 15) is 0 Å². The normalized spacial score (nSPS) is 11.5. The summed E-state index contributed by atoms with van der Waals surface area (Å²) in [6, 6.07) is 19.1. The number of fused-ring (bicyclic) bond motifs is 3. The third kappa shape index (κ3) is 3.48. The first kappa shape index (κ1) is 18.1. The number of hydrogen-bond donors (Lipinski definition) is 0. The first-order valence-corrected chi connectivity index (χ1v) is 11.6. The molecule has 6 heteroatoms. The molecule has 0 N–H and O–H groups in total. The van der Waals surface area contributed by atoms with E-state index in [0.29, 0.717) is 0 Å². The Hall–Kier alpha value is -0.270. The van der Waals surface area contributed by atoms with Gasteiger partial charge in [-0.25, -0.2) is 0 Å². The molecule has 0 aliphatic carbocycles. The first-order valence-electron chi connectivity index (χ1n) is 7.48. The lowest BCUT2D eigenvalue weighted by atomic mass is 10.1. The molecule has 0 bridgehead atoms. The van der Waals surface area contributed by atoms with Gasteiger partial charge in [-0.1, -0.05) is 50.1 Å². The number of rotatable bonds is 3. The molecule has 1 heterocycles. The smallest absolute Gasteiger partial charge is 0.0735 e. The van der Waals surface area contributed by atoms with Crippen molar-refractivity contribution in [3.8, 4) is 0 Å². The van der Waals surface area contributed by atoms with E-state index < -0.39 is 0 Å². The summed E-state index contributed by atoms with van der Waals surface area (Å²) in [5.41, 5.74) is 2.42. The predicted octanol–water partition coefficient (Wildman–Crippen LogP) is 8.59. The maximum Gasteiger partial charge on any atom is 0.0735 e. The van der Waals surface area contributed by atoms with Crippen molar-refractivity contribution in [2.45, 2.75) is 10.8 Å². The summed E-state index contributed by atoms with van der Waals surface area (Å²) in [4.78, 5) is 1.26. The van der Waals surface area contributed by atoms with Crippen molar-refractivity contribution in [2.24, 2.45) is 0 Å². The highest BCUT2D eigenvalue weighted by atomic mass is 79.9. The maximum atomic E-state index is 3.76. The third-order valence-corrected chi connectivity index (χ3v) is 7.11. The first-order chi connectivity index (χ1) is 12.0. The van der Waals surface area contributed by atoms with Crippen molar-refractivity contribution < 1.29 is 0 Å². The van der Waals surface area contributed by atoms with E-state index in [0.717, 1.165) is 23.8 Å². The van der Waals surface area contributed by atoms with Gasteiger partial charge in [-0.15, -0.1) is 11.8 Å². The molecule has 0 unspecified atom stereocenters. The van der Waals surface area contributed by atoms with Crippen LogP contribution >= 0.6 is 75.5 Å². The van der Waals surface area contributed by atoms with Crippen LogP contribution in [0, 0.1) is 0 Å². The van der Waals surface area contributed by atoms with Gasteiger partial charge in [0.1, 0.15) is 0 Å². The van der Waals surface area contributed by atoms with E-state index in [4.69, 9.17) is 0 Å². The van der Waals surface area contributed by atoms with Crippen molar-refractivity contribution in [3.63, 3.8) is 0 Å². The minimum Gasteiger partial charge on any atom is -0.328 e. The zero-order valence-electron chi connectivity index (χ0n) is 12.8. The largest absolute Gasteiger partial charge is 0.328 e. The van der Waals surface area contributed by atoms with Crippen LogP contribution in [0.4, 0.5) is 0 Å². The van der Waals surface area contributed by atoms with E-state index in [2.05, 4.69) is 117 Å². The zero-order valence-corrected chi connectivity index (χ0v) is 19.9. The second-order valence-electron chi connectivity index (χ2n) is 5.58. The van der Waals surface area contributed by atoms with Crippen molar-refractivity contribution in [3.05, 3.63) is 72.5 Å². The van der Waals surface area contributed by atoms with Gasteiger partial charge in [0.25, 0.3) is 0 Å². The van der Waals surface area contributed by atoms with E-state index in [1.165, 1.54) is 26.7 Å². The fourth-order valence-electron chi connectivity index (χ4n) is 2.99. The number of hydrogen-bond acceptors (Lipinski definition) is 1. The van der Waals surface area contributed by atoms with Crippen LogP contribution in [-0.2, 0) is 5.88 Å². The van der Waals surface area contributed by atoms with Crippen molar-refractivity contribution in [2.75, 3.05) is 0 Å². The standard InChI is InChI=1S/C19H11Br4NS/c20-11-6-14-15-7-12(21)9-17(23)19(15)24(18(14)16(22)8-11)10-25-13-4-2-1-3-5-13/h1-9H,10H2. The van der Waals surface area contributed by atoms with Crippen LogP contribution in [0.15, 0.2) is 77.4 Å². The number of nitrogens with zero attached hydrogens (tertiary/aromatic N) is 1. The molecule has 0 spiro atoms. The average molecular weight is 605 g/mol. The molecule has 0 fully saturated rings. The summed E-state index contributed by atoms with van der Waals surface area (Å²) in [5.74, 6) is 0.838. The minimum atomic E-state index is 0.838. The third-order valence-electron chi connectivity index (χ3n) is 3.99. The van der Waals surface area contributed by atoms with Crippen molar-refractivity contribution in [1.29, 1.82) is 0 Å². The molecule has 0 radical (unpaired) electrons. The van der Waals surface area contributed by atoms with Crippen LogP contribution in [0.5, 0.6) is 0 Å². The Bertz CT molecular complexity index is 1020. The summed E-state index contributed by atoms with van der Waals surface area (Å²) in [5, 5.41) is 2.46. The van der Waals surface area contributed by atoms with Gasteiger partial charge >= 0.3 is 0 Å². The Kier molecular flexibility index (Phi) is 5.35. The molecule has 126 valence electrons. The maximum absolute atomic E-state index is 3.76. The Morgan fingerprint density at radius 3 is 1.76 bits per heavy atom. The van der Waals surface area contributed by atoms with E-state index in [1.807, 2.05) is 17.8 Å². The molecule has 3 aromatic carbocycles. The molecule has 0 atom stereocenters. The molecular formula is C19H11Br4NS. The lowest BCUT2D eigenvalue weighted by molar-refractivity contribution is 0.978. The Balaban J connectivity index is 1.97. The van der Waals surface area contributed by atoms with Crippen LogP contribution in [0.3, 0.4) is 0 Å². The molecule has 0 aliphatic heterocycles. The SMILES string of the molecule is Brc1cc(Br)c2c(c1)c1cc(Br)cc(Br)c1n2CSc1ccccc1. The molecule has 1 aromatic heterocycles. The zero-order chi connectivity index (χ0) is 17.6. The Labute approximate surface area is 183 Å². The molecule has 4 aromatic rings. The Morgan fingerprint density at radius 2 is 1.24 bits per heavy atom. The van der Waals surface area contributed by atoms with Crippen LogP contribution in [0.1, 0.15) is 0 Å². The van der Waals surface area contributed by atoms with Gasteiger partial charge in [0.05, 0.1) is 16.9 Å². The van der Waals surface area contributed by atoms with Gasteiger partial charge in [0, 0.05) is 33.6 Å². The fraction of sp³-hybridized carbons (Fsp3) is 0.0526. The lowest BCUT2D eigenvalue weighted by Crippen LogP contribution is -1.95.